The van der Waals surface area contributed by atoms with Crippen LogP contribution in [0.25, 0.3) is 0 Å². The summed E-state index contributed by atoms with van der Waals surface area (Å²) in [6.07, 6.45) is 0. The lowest BCUT2D eigenvalue weighted by Gasteiger charge is -2.36. The van der Waals surface area contributed by atoms with E-state index in [2.05, 4.69) is 61.8 Å². The molecule has 1 unspecified atom stereocenters. The van der Waals surface area contributed by atoms with Gasteiger partial charge < -0.3 is 10.2 Å². The average Bonchev–Trinajstić information content (AvgIpc) is 2.35. The van der Waals surface area contributed by atoms with Gasteiger partial charge in [-0.2, -0.15) is 0 Å². The first-order valence-corrected chi connectivity index (χ1v) is 7.21. The molecule has 1 aliphatic heterocycles. The van der Waals surface area contributed by atoms with Gasteiger partial charge in [0.15, 0.2) is 0 Å². The number of nitrogens with zero attached hydrogens (tertiary/aromatic N) is 4. The van der Waals surface area contributed by atoms with Crippen LogP contribution in [0.3, 0.4) is 0 Å². The fourth-order valence-corrected chi connectivity index (χ4v) is 2.70. The summed E-state index contributed by atoms with van der Waals surface area (Å²) in [7, 11) is 6.20. The van der Waals surface area contributed by atoms with Crippen molar-refractivity contribution in [2.45, 2.75) is 13.0 Å². The summed E-state index contributed by atoms with van der Waals surface area (Å²) in [5, 5.41) is 3.15. The Morgan fingerprint density at radius 1 is 1.28 bits per heavy atom. The van der Waals surface area contributed by atoms with Gasteiger partial charge in [0.2, 0.25) is 0 Å². The van der Waals surface area contributed by atoms with Crippen LogP contribution in [0.4, 0.5) is 5.82 Å². The zero-order chi connectivity index (χ0) is 13.3. The molecule has 0 saturated carbocycles. The highest BCUT2D eigenvalue weighted by atomic mass is 127. The van der Waals surface area contributed by atoms with Gasteiger partial charge in [-0.1, -0.05) is 0 Å². The Hall–Kier alpha value is -0.470. The molecule has 1 saturated heterocycles. The molecular formula is C12H20IN5. The second-order valence-corrected chi connectivity index (χ2v) is 5.92. The van der Waals surface area contributed by atoms with Gasteiger partial charge >= 0.3 is 0 Å². The molecule has 0 radical (unpaired) electrons. The molecule has 6 heteroatoms. The third kappa shape index (κ3) is 2.75. The average molecular weight is 361 g/mol. The normalized spacial score (nSPS) is 22.2. The molecule has 1 aromatic rings. The minimum absolute atomic E-state index is 0.284. The maximum atomic E-state index is 4.66. The molecule has 18 heavy (non-hydrogen) atoms. The van der Waals surface area contributed by atoms with Crippen LogP contribution in [0.5, 0.6) is 0 Å². The Bertz CT molecular complexity index is 437. The van der Waals surface area contributed by atoms with Crippen LogP contribution in [0.2, 0.25) is 0 Å². The number of hydrogen-bond acceptors (Lipinski definition) is 5. The third-order valence-corrected chi connectivity index (χ3v) is 4.71. The largest absolute Gasteiger partial charge is 0.372 e. The number of rotatable bonds is 2. The zero-order valence-electron chi connectivity index (χ0n) is 11.4. The predicted octanol–water partition coefficient (Wildman–Crippen LogP) is 1.35. The van der Waals surface area contributed by atoms with Crippen molar-refractivity contribution in [1.29, 1.82) is 0 Å². The minimum Gasteiger partial charge on any atom is -0.372 e. The van der Waals surface area contributed by atoms with Gasteiger partial charge in [0.25, 0.3) is 0 Å². The van der Waals surface area contributed by atoms with Crippen LogP contribution in [-0.2, 0) is 0 Å². The lowest BCUT2D eigenvalue weighted by Crippen LogP contribution is -2.45. The number of anilines is 1. The predicted molar refractivity (Wildman–Crippen MR) is 81.9 cm³/mol. The summed E-state index contributed by atoms with van der Waals surface area (Å²) in [6, 6.07) is 0.284. The number of halogens is 1. The van der Waals surface area contributed by atoms with Crippen molar-refractivity contribution in [2.75, 3.05) is 46.1 Å². The molecule has 0 spiro atoms. The van der Waals surface area contributed by atoms with Crippen LogP contribution in [-0.4, -0.2) is 60.5 Å². The molecule has 5 nitrogen and oxygen atoms in total. The monoisotopic (exact) mass is 361 g/mol. The van der Waals surface area contributed by atoms with Crippen molar-refractivity contribution in [3.05, 3.63) is 15.1 Å². The maximum Gasteiger partial charge on any atom is 0.149 e. The topological polar surface area (TPSA) is 44.3 Å². The van der Waals surface area contributed by atoms with Crippen LogP contribution in [0.15, 0.2) is 0 Å². The molecule has 1 aromatic heterocycles. The molecule has 2 rings (SSSR count). The van der Waals surface area contributed by atoms with Crippen LogP contribution in [0.1, 0.15) is 17.6 Å². The molecule has 1 N–H and O–H groups in total. The lowest BCUT2D eigenvalue weighted by atomic mass is 10.1. The smallest absolute Gasteiger partial charge is 0.149 e. The Labute approximate surface area is 122 Å². The van der Waals surface area contributed by atoms with E-state index in [1.165, 1.54) is 0 Å². The number of nitrogens with one attached hydrogen (secondary N) is 1. The number of likely N-dealkylation sites (N-methyl/N-ethyl adjacent to an activating group) is 2. The van der Waals surface area contributed by atoms with E-state index in [0.29, 0.717) is 0 Å². The summed E-state index contributed by atoms with van der Waals surface area (Å²) in [6.45, 7) is 5.19. The van der Waals surface area contributed by atoms with Gasteiger partial charge in [0.1, 0.15) is 11.6 Å². The Morgan fingerprint density at radius 2 is 2.00 bits per heavy atom. The van der Waals surface area contributed by atoms with Crippen molar-refractivity contribution < 1.29 is 0 Å². The van der Waals surface area contributed by atoms with Crippen LogP contribution >= 0.6 is 22.6 Å². The molecule has 1 aliphatic rings. The maximum absolute atomic E-state index is 4.66. The van der Waals surface area contributed by atoms with Gasteiger partial charge in [-0.15, -0.1) is 0 Å². The van der Waals surface area contributed by atoms with Crippen molar-refractivity contribution in [1.82, 2.24) is 19.8 Å². The quantitative estimate of drug-likeness (QED) is 0.806. The highest BCUT2D eigenvalue weighted by Gasteiger charge is 2.27. The Morgan fingerprint density at radius 3 is 2.67 bits per heavy atom. The summed E-state index contributed by atoms with van der Waals surface area (Å²) in [4.78, 5) is 14.0. The van der Waals surface area contributed by atoms with E-state index in [1.807, 2.05) is 14.0 Å². The minimum atomic E-state index is 0.284. The first kappa shape index (κ1) is 14.0. The highest BCUT2D eigenvalue weighted by molar-refractivity contribution is 14.1. The van der Waals surface area contributed by atoms with E-state index < -0.39 is 0 Å². The zero-order valence-corrected chi connectivity index (χ0v) is 13.5. The summed E-state index contributed by atoms with van der Waals surface area (Å²) in [5.41, 5.74) is 1.05. The number of piperazine rings is 1. The molecule has 1 atom stereocenters. The van der Waals surface area contributed by atoms with Crippen molar-refractivity contribution in [3.8, 4) is 0 Å². The van der Waals surface area contributed by atoms with E-state index in [9.17, 15) is 0 Å². The molecule has 2 heterocycles. The van der Waals surface area contributed by atoms with Crippen molar-refractivity contribution in [3.63, 3.8) is 0 Å². The van der Waals surface area contributed by atoms with E-state index in [4.69, 9.17) is 0 Å². The lowest BCUT2D eigenvalue weighted by molar-refractivity contribution is 0.109. The standard InChI is InChI=1S/C12H20IN5/c1-8-10(13)12(14-2)16-11(15-8)9-7-17(3)5-6-18(9)4/h9H,5-7H2,1-4H3,(H,14,15,16). The fourth-order valence-electron chi connectivity index (χ4n) is 2.18. The highest BCUT2D eigenvalue weighted by Crippen LogP contribution is 2.25. The molecular weight excluding hydrogens is 341 g/mol. The molecule has 0 bridgehead atoms. The van der Waals surface area contributed by atoms with E-state index in [0.717, 1.165) is 40.5 Å². The first-order valence-electron chi connectivity index (χ1n) is 6.13. The van der Waals surface area contributed by atoms with Gasteiger partial charge in [0.05, 0.1) is 15.3 Å². The Balaban J connectivity index is 2.35. The van der Waals surface area contributed by atoms with E-state index in [-0.39, 0.29) is 6.04 Å². The van der Waals surface area contributed by atoms with Gasteiger partial charge in [-0.3, -0.25) is 4.90 Å². The van der Waals surface area contributed by atoms with Gasteiger partial charge in [0, 0.05) is 26.7 Å². The molecule has 0 amide bonds. The fraction of sp³-hybridized carbons (Fsp3) is 0.667. The van der Waals surface area contributed by atoms with E-state index in [1.54, 1.807) is 0 Å². The molecule has 0 aromatic carbocycles. The van der Waals surface area contributed by atoms with Crippen molar-refractivity contribution in [2.24, 2.45) is 0 Å². The van der Waals surface area contributed by atoms with Crippen LogP contribution in [0, 0.1) is 10.5 Å². The summed E-state index contributed by atoms with van der Waals surface area (Å²) in [5.74, 6) is 1.85. The number of aryl methyl sites for hydroxylation is 1. The number of hydrogen-bond donors (Lipinski definition) is 1. The second kappa shape index (κ2) is 5.66. The SMILES string of the molecule is CNc1nc(C2CN(C)CCN2C)nc(C)c1I. The van der Waals surface area contributed by atoms with Crippen LogP contribution < -0.4 is 5.32 Å². The Kier molecular flexibility index (Phi) is 4.39. The van der Waals surface area contributed by atoms with E-state index >= 15 is 0 Å². The van der Waals surface area contributed by atoms with Gasteiger partial charge in [-0.05, 0) is 43.6 Å². The molecule has 100 valence electrons. The molecule has 0 aliphatic carbocycles. The summed E-state index contributed by atoms with van der Waals surface area (Å²) < 4.78 is 1.10. The van der Waals surface area contributed by atoms with Gasteiger partial charge in [-0.25, -0.2) is 9.97 Å². The summed E-state index contributed by atoms with van der Waals surface area (Å²) >= 11 is 2.29. The third-order valence-electron chi connectivity index (χ3n) is 3.42. The first-order chi connectivity index (χ1) is 8.52. The van der Waals surface area contributed by atoms with Crippen molar-refractivity contribution >= 4 is 28.4 Å². The number of aromatic nitrogens is 2. The molecule has 1 fully saturated rings. The second-order valence-electron chi connectivity index (χ2n) is 4.84.